The molecule has 0 atom stereocenters. The third kappa shape index (κ3) is 1.92. The molecule has 2 N–H and O–H groups in total. The fourth-order valence-electron chi connectivity index (χ4n) is 0.852. The molecule has 0 fully saturated rings. The summed E-state index contributed by atoms with van der Waals surface area (Å²) in [5, 5.41) is -0.343. The van der Waals surface area contributed by atoms with Crippen molar-refractivity contribution in [3.8, 4) is 0 Å². The zero-order valence-corrected chi connectivity index (χ0v) is 7.15. The predicted molar refractivity (Wildman–Crippen MR) is 42.1 cm³/mol. The SMILES string of the molecule is NCc1cnc(F)c(C(F)F)c1Cl. The molecule has 0 unspecified atom stereocenters. The van der Waals surface area contributed by atoms with E-state index >= 15 is 0 Å². The lowest BCUT2D eigenvalue weighted by molar-refractivity contribution is 0.145. The molecular formula is C7H6ClF3N2. The molecule has 0 spiro atoms. The van der Waals surface area contributed by atoms with Gasteiger partial charge >= 0.3 is 0 Å². The number of alkyl halides is 2. The van der Waals surface area contributed by atoms with E-state index in [4.69, 9.17) is 17.3 Å². The molecule has 2 nitrogen and oxygen atoms in total. The zero-order chi connectivity index (χ0) is 10.0. The first-order valence-electron chi connectivity index (χ1n) is 3.39. The molecule has 0 aliphatic carbocycles. The Morgan fingerprint density at radius 1 is 1.54 bits per heavy atom. The van der Waals surface area contributed by atoms with Gasteiger partial charge in [0, 0.05) is 18.3 Å². The molecule has 1 rings (SSSR count). The maximum atomic E-state index is 12.7. The van der Waals surface area contributed by atoms with E-state index in [1.54, 1.807) is 0 Å². The molecule has 1 aromatic heterocycles. The average molecular weight is 211 g/mol. The summed E-state index contributed by atoms with van der Waals surface area (Å²) >= 11 is 5.47. The summed E-state index contributed by atoms with van der Waals surface area (Å²) in [6.07, 6.45) is -1.93. The molecule has 1 aromatic rings. The van der Waals surface area contributed by atoms with Crippen LogP contribution in [0.4, 0.5) is 13.2 Å². The molecule has 0 aliphatic heterocycles. The van der Waals surface area contributed by atoms with Crippen LogP contribution in [0.1, 0.15) is 17.6 Å². The van der Waals surface area contributed by atoms with Gasteiger partial charge in [-0.15, -0.1) is 0 Å². The lowest BCUT2D eigenvalue weighted by atomic mass is 10.2. The van der Waals surface area contributed by atoms with Crippen molar-refractivity contribution in [3.05, 3.63) is 28.3 Å². The smallest absolute Gasteiger partial charge is 0.269 e. The Labute approximate surface area is 77.5 Å². The van der Waals surface area contributed by atoms with Gasteiger partial charge in [0.05, 0.1) is 10.6 Å². The second kappa shape index (κ2) is 3.93. The summed E-state index contributed by atoms with van der Waals surface area (Å²) in [4.78, 5) is 3.12. The number of rotatable bonds is 2. The van der Waals surface area contributed by atoms with E-state index in [-0.39, 0.29) is 17.1 Å². The summed E-state index contributed by atoms with van der Waals surface area (Å²) in [7, 11) is 0. The lowest BCUT2D eigenvalue weighted by Crippen LogP contribution is -2.04. The van der Waals surface area contributed by atoms with Gasteiger partial charge in [0.1, 0.15) is 0 Å². The first-order chi connectivity index (χ1) is 6.07. The molecule has 6 heteroatoms. The Kier molecular flexibility index (Phi) is 3.11. The Morgan fingerprint density at radius 3 is 2.62 bits per heavy atom. The number of nitrogens with two attached hydrogens (primary N) is 1. The van der Waals surface area contributed by atoms with Crippen LogP contribution in [0.25, 0.3) is 0 Å². The molecule has 72 valence electrons. The fourth-order valence-corrected chi connectivity index (χ4v) is 1.14. The van der Waals surface area contributed by atoms with Crippen molar-refractivity contribution < 1.29 is 13.2 Å². The van der Waals surface area contributed by atoms with Crippen molar-refractivity contribution in [1.82, 2.24) is 4.98 Å². The van der Waals surface area contributed by atoms with E-state index in [2.05, 4.69) is 4.98 Å². The van der Waals surface area contributed by atoms with Crippen LogP contribution in [0.3, 0.4) is 0 Å². The Hall–Kier alpha value is -0.810. The summed E-state index contributed by atoms with van der Waals surface area (Å²) < 4.78 is 37.1. The Balaban J connectivity index is 3.30. The van der Waals surface area contributed by atoms with Crippen LogP contribution in [0.15, 0.2) is 6.20 Å². The monoisotopic (exact) mass is 210 g/mol. The molecule has 0 amide bonds. The number of hydrogen-bond donors (Lipinski definition) is 1. The van der Waals surface area contributed by atoms with Gasteiger partial charge in [-0.25, -0.2) is 13.8 Å². The van der Waals surface area contributed by atoms with Gasteiger partial charge in [-0.1, -0.05) is 11.6 Å². The van der Waals surface area contributed by atoms with Crippen molar-refractivity contribution in [2.24, 2.45) is 5.73 Å². The van der Waals surface area contributed by atoms with Gasteiger partial charge in [0.2, 0.25) is 5.95 Å². The molecule has 0 bridgehead atoms. The molecular weight excluding hydrogens is 205 g/mol. The van der Waals surface area contributed by atoms with Gasteiger partial charge in [-0.05, 0) is 0 Å². The maximum absolute atomic E-state index is 12.7. The van der Waals surface area contributed by atoms with Gasteiger partial charge in [-0.2, -0.15) is 4.39 Å². The van der Waals surface area contributed by atoms with Crippen LogP contribution < -0.4 is 5.73 Å². The predicted octanol–water partition coefficient (Wildman–Crippen LogP) is 2.27. The first kappa shape index (κ1) is 10.3. The average Bonchev–Trinajstić information content (AvgIpc) is 2.04. The standard InChI is InChI=1S/C7H6ClF3N2/c8-5-3(1-12)2-13-7(11)4(5)6(9)10/h2,6H,1,12H2. The number of nitrogens with zero attached hydrogens (tertiary/aromatic N) is 1. The first-order valence-corrected chi connectivity index (χ1v) is 3.76. The highest BCUT2D eigenvalue weighted by Crippen LogP contribution is 2.30. The van der Waals surface area contributed by atoms with Gasteiger partial charge in [-0.3, -0.25) is 0 Å². The highest BCUT2D eigenvalue weighted by atomic mass is 35.5. The number of pyridine rings is 1. The summed E-state index contributed by atoms with van der Waals surface area (Å²) in [6.45, 7) is -0.0498. The Morgan fingerprint density at radius 2 is 2.15 bits per heavy atom. The normalized spacial score (nSPS) is 10.9. The zero-order valence-electron chi connectivity index (χ0n) is 6.40. The highest BCUT2D eigenvalue weighted by molar-refractivity contribution is 6.32. The van der Waals surface area contributed by atoms with E-state index in [9.17, 15) is 13.2 Å². The number of aromatic nitrogens is 1. The fraction of sp³-hybridized carbons (Fsp3) is 0.286. The molecule has 0 saturated carbocycles. The summed E-state index contributed by atoms with van der Waals surface area (Å²) in [5.74, 6) is -1.25. The van der Waals surface area contributed by atoms with Crippen molar-refractivity contribution >= 4 is 11.6 Å². The molecule has 0 aromatic carbocycles. The van der Waals surface area contributed by atoms with Crippen LogP contribution in [0.2, 0.25) is 5.02 Å². The maximum Gasteiger partial charge on any atom is 0.269 e. The molecule has 1 heterocycles. The van der Waals surface area contributed by atoms with E-state index in [1.165, 1.54) is 0 Å². The minimum Gasteiger partial charge on any atom is -0.326 e. The van der Waals surface area contributed by atoms with Crippen LogP contribution in [0.5, 0.6) is 0 Å². The third-order valence-corrected chi connectivity index (χ3v) is 1.96. The topological polar surface area (TPSA) is 38.9 Å². The lowest BCUT2D eigenvalue weighted by Gasteiger charge is -2.06. The van der Waals surface area contributed by atoms with Crippen molar-refractivity contribution in [3.63, 3.8) is 0 Å². The second-order valence-electron chi connectivity index (χ2n) is 2.31. The van der Waals surface area contributed by atoms with Crippen LogP contribution in [0, 0.1) is 5.95 Å². The van der Waals surface area contributed by atoms with Crippen LogP contribution >= 0.6 is 11.6 Å². The van der Waals surface area contributed by atoms with Gasteiger partial charge in [0.25, 0.3) is 6.43 Å². The van der Waals surface area contributed by atoms with Gasteiger partial charge < -0.3 is 5.73 Å². The van der Waals surface area contributed by atoms with Crippen molar-refractivity contribution in [2.45, 2.75) is 13.0 Å². The highest BCUT2D eigenvalue weighted by Gasteiger charge is 2.20. The summed E-state index contributed by atoms with van der Waals surface area (Å²) in [5.41, 5.74) is 4.50. The largest absolute Gasteiger partial charge is 0.326 e. The number of halogens is 4. The van der Waals surface area contributed by atoms with E-state index in [0.29, 0.717) is 0 Å². The van der Waals surface area contributed by atoms with Crippen molar-refractivity contribution in [1.29, 1.82) is 0 Å². The number of hydrogen-bond acceptors (Lipinski definition) is 2. The second-order valence-corrected chi connectivity index (χ2v) is 2.68. The van der Waals surface area contributed by atoms with Crippen molar-refractivity contribution in [2.75, 3.05) is 0 Å². The van der Waals surface area contributed by atoms with E-state index in [0.717, 1.165) is 6.20 Å². The Bertz CT molecular complexity index is 317. The third-order valence-electron chi connectivity index (χ3n) is 1.51. The summed E-state index contributed by atoms with van der Waals surface area (Å²) in [6, 6.07) is 0. The molecule has 0 radical (unpaired) electrons. The van der Waals surface area contributed by atoms with E-state index < -0.39 is 17.9 Å². The van der Waals surface area contributed by atoms with Crippen LogP contribution in [-0.4, -0.2) is 4.98 Å². The minimum atomic E-state index is -2.98. The quantitative estimate of drug-likeness (QED) is 0.761. The molecule has 0 aliphatic rings. The molecule has 0 saturated heterocycles. The van der Waals surface area contributed by atoms with Crippen LogP contribution in [-0.2, 0) is 6.54 Å². The molecule has 13 heavy (non-hydrogen) atoms. The van der Waals surface area contributed by atoms with E-state index in [1.807, 2.05) is 0 Å². The van der Waals surface area contributed by atoms with Gasteiger partial charge in [0.15, 0.2) is 0 Å². The minimum absolute atomic E-state index is 0.0498.